The second-order valence-electron chi connectivity index (χ2n) is 5.24. The fourth-order valence-corrected chi connectivity index (χ4v) is 2.44. The molecule has 0 radical (unpaired) electrons. The summed E-state index contributed by atoms with van der Waals surface area (Å²) in [6.45, 7) is 6.28. The lowest BCUT2D eigenvalue weighted by atomic mass is 10.1. The maximum Gasteiger partial charge on any atom is 0.254 e. The van der Waals surface area contributed by atoms with E-state index in [1.807, 2.05) is 6.92 Å². The first-order valence-corrected chi connectivity index (χ1v) is 7.22. The van der Waals surface area contributed by atoms with Gasteiger partial charge >= 0.3 is 0 Å². The van der Waals surface area contributed by atoms with Crippen molar-refractivity contribution in [1.29, 1.82) is 0 Å². The van der Waals surface area contributed by atoms with E-state index in [1.54, 1.807) is 4.52 Å². The normalized spacial score (nSPS) is 11.0. The van der Waals surface area contributed by atoms with E-state index in [4.69, 9.17) is 0 Å². The molecule has 3 aromatic rings. The highest BCUT2D eigenvalue weighted by atomic mass is 15.4. The van der Waals surface area contributed by atoms with Crippen molar-refractivity contribution in [3.8, 4) is 0 Å². The highest BCUT2D eigenvalue weighted by Crippen LogP contribution is 2.24. The van der Waals surface area contributed by atoms with Crippen molar-refractivity contribution in [2.24, 2.45) is 0 Å². The minimum absolute atomic E-state index is 0.627. The number of fused-ring (bicyclic) bond motifs is 1. The topological polar surface area (TPSA) is 55.1 Å². The predicted octanol–water partition coefficient (Wildman–Crippen LogP) is 3.44. The number of aryl methyl sites for hydroxylation is 2. The van der Waals surface area contributed by atoms with Gasteiger partial charge in [0.05, 0.1) is 0 Å². The fourth-order valence-electron chi connectivity index (χ4n) is 2.44. The standard InChI is InChI=1S/C16H19N5/c1-4-5-14-12(3)19-16-17-10-18-21(16)15(14)20-13-8-6-11(2)7-9-13/h6-10,20H,4-5H2,1-3H3. The molecule has 0 spiro atoms. The van der Waals surface area contributed by atoms with Crippen LogP contribution < -0.4 is 5.32 Å². The molecule has 2 aromatic heterocycles. The molecule has 21 heavy (non-hydrogen) atoms. The number of rotatable bonds is 4. The molecule has 108 valence electrons. The van der Waals surface area contributed by atoms with Gasteiger partial charge in [-0.15, -0.1) is 0 Å². The van der Waals surface area contributed by atoms with Gasteiger partial charge in [0.2, 0.25) is 0 Å². The number of anilines is 2. The van der Waals surface area contributed by atoms with Gasteiger partial charge in [-0.3, -0.25) is 0 Å². The van der Waals surface area contributed by atoms with E-state index in [1.165, 1.54) is 17.5 Å². The molecule has 1 aromatic carbocycles. The summed E-state index contributed by atoms with van der Waals surface area (Å²) in [4.78, 5) is 8.72. The van der Waals surface area contributed by atoms with E-state index in [-0.39, 0.29) is 0 Å². The van der Waals surface area contributed by atoms with E-state index in [0.29, 0.717) is 5.78 Å². The minimum atomic E-state index is 0.627. The lowest BCUT2D eigenvalue weighted by molar-refractivity contribution is 0.856. The summed E-state index contributed by atoms with van der Waals surface area (Å²) in [7, 11) is 0. The van der Waals surface area contributed by atoms with Crippen LogP contribution >= 0.6 is 0 Å². The lowest BCUT2D eigenvalue weighted by Crippen LogP contribution is -2.08. The van der Waals surface area contributed by atoms with Crippen LogP contribution in [-0.4, -0.2) is 19.6 Å². The van der Waals surface area contributed by atoms with Crippen LogP contribution in [0.4, 0.5) is 11.5 Å². The van der Waals surface area contributed by atoms with E-state index in [2.05, 4.69) is 58.5 Å². The number of nitrogens with zero attached hydrogens (tertiary/aromatic N) is 4. The van der Waals surface area contributed by atoms with Gasteiger partial charge in [0, 0.05) is 16.9 Å². The maximum absolute atomic E-state index is 4.52. The van der Waals surface area contributed by atoms with Gasteiger partial charge < -0.3 is 5.32 Å². The smallest absolute Gasteiger partial charge is 0.254 e. The van der Waals surface area contributed by atoms with Gasteiger partial charge in [0.1, 0.15) is 12.1 Å². The minimum Gasteiger partial charge on any atom is -0.340 e. The van der Waals surface area contributed by atoms with Crippen molar-refractivity contribution in [3.05, 3.63) is 47.4 Å². The van der Waals surface area contributed by atoms with Crippen LogP contribution in [-0.2, 0) is 6.42 Å². The molecule has 0 unspecified atom stereocenters. The third-order valence-electron chi connectivity index (χ3n) is 3.55. The second kappa shape index (κ2) is 5.52. The highest BCUT2D eigenvalue weighted by molar-refractivity contribution is 5.63. The highest BCUT2D eigenvalue weighted by Gasteiger charge is 2.13. The Labute approximate surface area is 124 Å². The summed E-state index contributed by atoms with van der Waals surface area (Å²) in [6, 6.07) is 8.33. The quantitative estimate of drug-likeness (QED) is 0.796. The summed E-state index contributed by atoms with van der Waals surface area (Å²) < 4.78 is 1.78. The Bertz CT molecular complexity index is 758. The number of benzene rings is 1. The van der Waals surface area contributed by atoms with Crippen LogP contribution in [0.15, 0.2) is 30.6 Å². The van der Waals surface area contributed by atoms with Crippen molar-refractivity contribution in [1.82, 2.24) is 19.6 Å². The summed E-state index contributed by atoms with van der Waals surface area (Å²) in [5.41, 5.74) is 4.48. The van der Waals surface area contributed by atoms with Crippen molar-refractivity contribution in [2.45, 2.75) is 33.6 Å². The summed E-state index contributed by atoms with van der Waals surface area (Å²) in [6.07, 6.45) is 3.56. The Balaban J connectivity index is 2.11. The van der Waals surface area contributed by atoms with Gasteiger partial charge in [0.25, 0.3) is 5.78 Å². The van der Waals surface area contributed by atoms with Crippen molar-refractivity contribution in [2.75, 3.05) is 5.32 Å². The van der Waals surface area contributed by atoms with Crippen LogP contribution in [0.3, 0.4) is 0 Å². The monoisotopic (exact) mass is 281 g/mol. The zero-order valence-corrected chi connectivity index (χ0v) is 12.6. The van der Waals surface area contributed by atoms with Crippen LogP contribution in [0.25, 0.3) is 5.78 Å². The Morgan fingerprint density at radius 3 is 2.62 bits per heavy atom. The molecular weight excluding hydrogens is 262 g/mol. The summed E-state index contributed by atoms with van der Waals surface area (Å²) in [5.74, 6) is 1.59. The molecule has 5 nitrogen and oxygen atoms in total. The molecule has 2 heterocycles. The van der Waals surface area contributed by atoms with Crippen LogP contribution in [0, 0.1) is 13.8 Å². The molecule has 0 bridgehead atoms. The molecule has 1 N–H and O–H groups in total. The molecule has 3 rings (SSSR count). The molecule has 0 saturated heterocycles. The zero-order chi connectivity index (χ0) is 14.8. The molecule has 0 aliphatic heterocycles. The third kappa shape index (κ3) is 2.59. The molecule has 0 saturated carbocycles. The van der Waals surface area contributed by atoms with Gasteiger partial charge in [-0.2, -0.15) is 14.6 Å². The number of aromatic nitrogens is 4. The number of hydrogen-bond acceptors (Lipinski definition) is 4. The molecule has 0 fully saturated rings. The Morgan fingerprint density at radius 2 is 1.90 bits per heavy atom. The van der Waals surface area contributed by atoms with Gasteiger partial charge in [0.15, 0.2) is 0 Å². The van der Waals surface area contributed by atoms with Crippen molar-refractivity contribution < 1.29 is 0 Å². The van der Waals surface area contributed by atoms with Crippen LogP contribution in [0.5, 0.6) is 0 Å². The molecule has 5 heteroatoms. The second-order valence-corrected chi connectivity index (χ2v) is 5.24. The molecular formula is C16H19N5. The Hall–Kier alpha value is -2.43. The molecule has 0 atom stereocenters. The summed E-state index contributed by atoms with van der Waals surface area (Å²) in [5, 5.41) is 7.77. The van der Waals surface area contributed by atoms with Crippen molar-refractivity contribution >= 4 is 17.3 Å². The number of nitrogens with one attached hydrogen (secondary N) is 1. The molecule has 0 aliphatic rings. The van der Waals surface area contributed by atoms with E-state index < -0.39 is 0 Å². The first-order valence-electron chi connectivity index (χ1n) is 7.22. The van der Waals surface area contributed by atoms with E-state index in [0.717, 1.165) is 30.0 Å². The van der Waals surface area contributed by atoms with Crippen molar-refractivity contribution in [3.63, 3.8) is 0 Å². The van der Waals surface area contributed by atoms with E-state index in [9.17, 15) is 0 Å². The largest absolute Gasteiger partial charge is 0.340 e. The molecule has 0 amide bonds. The fraction of sp³-hybridized carbons (Fsp3) is 0.312. The maximum atomic E-state index is 4.52. The average molecular weight is 281 g/mol. The average Bonchev–Trinajstić information content (AvgIpc) is 2.93. The van der Waals surface area contributed by atoms with Gasteiger partial charge in [-0.1, -0.05) is 31.0 Å². The summed E-state index contributed by atoms with van der Waals surface area (Å²) >= 11 is 0. The Morgan fingerprint density at radius 1 is 1.14 bits per heavy atom. The predicted molar refractivity (Wildman–Crippen MR) is 84.0 cm³/mol. The van der Waals surface area contributed by atoms with E-state index >= 15 is 0 Å². The lowest BCUT2D eigenvalue weighted by Gasteiger charge is -2.15. The Kier molecular flexibility index (Phi) is 3.56. The SMILES string of the molecule is CCCc1c(C)nc2ncnn2c1Nc1ccc(C)cc1. The third-order valence-corrected chi connectivity index (χ3v) is 3.55. The first-order chi connectivity index (χ1) is 10.2. The van der Waals surface area contributed by atoms with Crippen LogP contribution in [0.1, 0.15) is 30.2 Å². The number of hydrogen-bond donors (Lipinski definition) is 1. The van der Waals surface area contributed by atoms with Gasteiger partial charge in [-0.25, -0.2) is 4.98 Å². The zero-order valence-electron chi connectivity index (χ0n) is 12.6. The first kappa shape index (κ1) is 13.5. The molecule has 0 aliphatic carbocycles. The van der Waals surface area contributed by atoms with Crippen LogP contribution in [0.2, 0.25) is 0 Å². The van der Waals surface area contributed by atoms with Gasteiger partial charge in [-0.05, 0) is 32.4 Å².